The van der Waals surface area contributed by atoms with Gasteiger partial charge in [0.25, 0.3) is 0 Å². The van der Waals surface area contributed by atoms with E-state index in [0.717, 1.165) is 19.4 Å². The van der Waals surface area contributed by atoms with E-state index in [1.54, 1.807) is 11.9 Å². The second-order valence-electron chi connectivity index (χ2n) is 8.34. The van der Waals surface area contributed by atoms with Crippen LogP contribution in [0.1, 0.15) is 59.3 Å². The molecule has 1 saturated carbocycles. The largest absolute Gasteiger partial charge is 0.350 e. The Morgan fingerprint density at radius 2 is 1.85 bits per heavy atom. The quantitative estimate of drug-likeness (QED) is 0.547. The number of nitrogens with zero attached hydrogens (tertiary/aromatic N) is 2. The number of fused-ring (bicyclic) bond motifs is 1. The summed E-state index contributed by atoms with van der Waals surface area (Å²) in [6, 6.07) is 0.207. The number of hydrogen-bond donors (Lipinski definition) is 1. The van der Waals surface area contributed by atoms with E-state index in [1.807, 2.05) is 26.8 Å². The van der Waals surface area contributed by atoms with Gasteiger partial charge in [-0.25, -0.2) is 0 Å². The van der Waals surface area contributed by atoms with Gasteiger partial charge in [-0.3, -0.25) is 14.4 Å². The van der Waals surface area contributed by atoms with Gasteiger partial charge >= 0.3 is 0 Å². The Kier molecular flexibility index (Phi) is 7.87. The summed E-state index contributed by atoms with van der Waals surface area (Å²) >= 11 is 0. The van der Waals surface area contributed by atoms with Crippen molar-refractivity contribution >= 4 is 18.2 Å². The molecule has 0 spiro atoms. The molecule has 1 aliphatic heterocycles. The zero-order chi connectivity index (χ0) is 20.0. The molecule has 0 aromatic rings. The van der Waals surface area contributed by atoms with Crippen molar-refractivity contribution < 1.29 is 14.4 Å². The molecule has 2 unspecified atom stereocenters. The second kappa shape index (κ2) is 9.90. The van der Waals surface area contributed by atoms with E-state index in [2.05, 4.69) is 10.2 Å². The second-order valence-corrected chi connectivity index (χ2v) is 8.34. The first kappa shape index (κ1) is 21.5. The van der Waals surface area contributed by atoms with Crippen LogP contribution in [-0.4, -0.2) is 60.2 Å². The highest BCUT2D eigenvalue weighted by molar-refractivity contribution is 5.93. The van der Waals surface area contributed by atoms with Crippen molar-refractivity contribution in [2.24, 2.45) is 11.8 Å². The molecular formula is C21H35N3O3. The fourth-order valence-electron chi connectivity index (χ4n) is 4.60. The molecule has 0 aromatic heterocycles. The molecule has 2 fully saturated rings. The van der Waals surface area contributed by atoms with Crippen LogP contribution in [0.2, 0.25) is 0 Å². The van der Waals surface area contributed by atoms with Crippen molar-refractivity contribution in [3.05, 3.63) is 11.6 Å². The summed E-state index contributed by atoms with van der Waals surface area (Å²) in [6.07, 6.45) is 9.64. The topological polar surface area (TPSA) is 69.7 Å². The summed E-state index contributed by atoms with van der Waals surface area (Å²) in [5, 5.41) is 2.41. The molecule has 2 rings (SSSR count). The van der Waals surface area contributed by atoms with Gasteiger partial charge in [0.05, 0.1) is 12.6 Å². The van der Waals surface area contributed by atoms with Crippen molar-refractivity contribution in [1.82, 2.24) is 15.1 Å². The van der Waals surface area contributed by atoms with E-state index < -0.39 is 0 Å². The van der Waals surface area contributed by atoms with E-state index in [4.69, 9.17) is 0 Å². The summed E-state index contributed by atoms with van der Waals surface area (Å²) < 4.78 is 0. The number of likely N-dealkylation sites (tertiary alicyclic amines) is 1. The van der Waals surface area contributed by atoms with E-state index in [1.165, 1.54) is 25.7 Å². The minimum Gasteiger partial charge on any atom is -0.350 e. The zero-order valence-corrected chi connectivity index (χ0v) is 17.2. The van der Waals surface area contributed by atoms with Crippen LogP contribution in [0, 0.1) is 11.8 Å². The molecule has 1 heterocycles. The van der Waals surface area contributed by atoms with Crippen molar-refractivity contribution in [2.75, 3.05) is 20.1 Å². The number of carbonyl (C=O) groups is 3. The maximum absolute atomic E-state index is 13.2. The molecule has 1 N–H and O–H groups in total. The van der Waals surface area contributed by atoms with Gasteiger partial charge in [0, 0.05) is 25.2 Å². The van der Waals surface area contributed by atoms with Crippen LogP contribution < -0.4 is 5.32 Å². The normalized spacial score (nSPS) is 24.2. The van der Waals surface area contributed by atoms with Crippen molar-refractivity contribution in [3.63, 3.8) is 0 Å². The Labute approximate surface area is 163 Å². The van der Waals surface area contributed by atoms with Crippen LogP contribution >= 0.6 is 0 Å². The van der Waals surface area contributed by atoms with Gasteiger partial charge in [-0.05, 0) is 44.4 Å². The number of hydrogen-bond acceptors (Lipinski definition) is 3. The van der Waals surface area contributed by atoms with Gasteiger partial charge in [-0.1, -0.05) is 32.8 Å². The predicted octanol–water partition coefficient (Wildman–Crippen LogP) is 2.34. The molecule has 1 aliphatic carbocycles. The molecule has 6 heteroatoms. The lowest BCUT2D eigenvalue weighted by atomic mass is 9.78. The molecule has 3 atom stereocenters. The smallest absolute Gasteiger partial charge is 0.249 e. The molecule has 0 radical (unpaired) electrons. The standard InChI is InChI=1S/C21H35N3O3/c1-15(2)19(23(4)20(26)13-22-14-25)12-16(3)21(27)24-11-7-9-17-8-5-6-10-18(17)24/h12,14-15,17-19H,5-11,13H2,1-4H3,(H,22,25)/t17?,18?,19-/m1/s1. The first-order valence-electron chi connectivity index (χ1n) is 10.3. The summed E-state index contributed by atoms with van der Waals surface area (Å²) in [5.41, 5.74) is 0.711. The summed E-state index contributed by atoms with van der Waals surface area (Å²) in [6.45, 7) is 6.75. The number of rotatable bonds is 7. The monoisotopic (exact) mass is 377 g/mol. The van der Waals surface area contributed by atoms with Crippen LogP contribution in [0.3, 0.4) is 0 Å². The third-order valence-corrected chi connectivity index (χ3v) is 6.12. The number of piperidine rings is 1. The van der Waals surface area contributed by atoms with E-state index in [0.29, 0.717) is 23.9 Å². The van der Waals surface area contributed by atoms with E-state index in [-0.39, 0.29) is 30.3 Å². The van der Waals surface area contributed by atoms with Crippen LogP contribution in [0.4, 0.5) is 0 Å². The Balaban J connectivity index is 2.12. The Morgan fingerprint density at radius 1 is 1.19 bits per heavy atom. The average Bonchev–Trinajstić information content (AvgIpc) is 2.68. The molecule has 27 heavy (non-hydrogen) atoms. The average molecular weight is 378 g/mol. The fourth-order valence-corrected chi connectivity index (χ4v) is 4.60. The van der Waals surface area contributed by atoms with Crippen molar-refractivity contribution in [2.45, 2.75) is 71.4 Å². The maximum atomic E-state index is 13.2. The third kappa shape index (κ3) is 5.33. The number of nitrogens with one attached hydrogen (secondary N) is 1. The van der Waals surface area contributed by atoms with Crippen molar-refractivity contribution in [1.29, 1.82) is 0 Å². The van der Waals surface area contributed by atoms with Gasteiger partial charge in [0.1, 0.15) is 0 Å². The zero-order valence-electron chi connectivity index (χ0n) is 17.2. The van der Waals surface area contributed by atoms with Crippen LogP contribution in [0.25, 0.3) is 0 Å². The highest BCUT2D eigenvalue weighted by Crippen LogP contribution is 2.35. The summed E-state index contributed by atoms with van der Waals surface area (Å²) in [7, 11) is 1.73. The minimum atomic E-state index is -0.179. The first-order chi connectivity index (χ1) is 12.9. The number of likely N-dealkylation sites (N-methyl/N-ethyl adjacent to an activating group) is 1. The van der Waals surface area contributed by atoms with Crippen LogP contribution in [-0.2, 0) is 14.4 Å². The Morgan fingerprint density at radius 3 is 2.52 bits per heavy atom. The van der Waals surface area contributed by atoms with Crippen LogP contribution in [0.15, 0.2) is 11.6 Å². The fraction of sp³-hybridized carbons (Fsp3) is 0.762. The lowest BCUT2D eigenvalue weighted by Gasteiger charge is -2.44. The number of carbonyl (C=O) groups excluding carboxylic acids is 3. The van der Waals surface area contributed by atoms with Gasteiger partial charge in [0.15, 0.2) is 0 Å². The molecule has 3 amide bonds. The lowest BCUT2D eigenvalue weighted by molar-refractivity contribution is -0.134. The van der Waals surface area contributed by atoms with Gasteiger partial charge in [-0.2, -0.15) is 0 Å². The number of amides is 3. The lowest BCUT2D eigenvalue weighted by Crippen LogP contribution is -2.50. The van der Waals surface area contributed by atoms with E-state index in [9.17, 15) is 14.4 Å². The van der Waals surface area contributed by atoms with Gasteiger partial charge in [-0.15, -0.1) is 0 Å². The maximum Gasteiger partial charge on any atom is 0.249 e. The third-order valence-electron chi connectivity index (χ3n) is 6.12. The predicted molar refractivity (Wildman–Crippen MR) is 106 cm³/mol. The van der Waals surface area contributed by atoms with Gasteiger partial charge in [0.2, 0.25) is 18.2 Å². The van der Waals surface area contributed by atoms with Crippen molar-refractivity contribution in [3.8, 4) is 0 Å². The summed E-state index contributed by atoms with van der Waals surface area (Å²) in [4.78, 5) is 39.6. The highest BCUT2D eigenvalue weighted by Gasteiger charge is 2.36. The summed E-state index contributed by atoms with van der Waals surface area (Å²) in [5.74, 6) is 0.775. The minimum absolute atomic E-state index is 0.0278. The SMILES string of the molecule is CC(=C[C@H](C(C)C)N(C)C(=O)CNC=O)C(=O)N1CCCC2CCCCC21. The Hall–Kier alpha value is -1.85. The molecule has 6 nitrogen and oxygen atoms in total. The van der Waals surface area contributed by atoms with Crippen LogP contribution in [0.5, 0.6) is 0 Å². The molecule has 152 valence electrons. The Bertz CT molecular complexity index is 571. The van der Waals surface area contributed by atoms with E-state index >= 15 is 0 Å². The molecule has 0 bridgehead atoms. The molecule has 2 aliphatic rings. The van der Waals surface area contributed by atoms with Gasteiger partial charge < -0.3 is 15.1 Å². The molecular weight excluding hydrogens is 342 g/mol. The molecule has 1 saturated heterocycles. The molecule has 0 aromatic carbocycles. The first-order valence-corrected chi connectivity index (χ1v) is 10.3. The highest BCUT2D eigenvalue weighted by atomic mass is 16.2.